The molecule has 0 spiro atoms. The average Bonchev–Trinajstić information content (AvgIpc) is 1.84. The number of hydrogen-bond acceptors (Lipinski definition) is 3. The summed E-state index contributed by atoms with van der Waals surface area (Å²) in [5.41, 5.74) is 0. The van der Waals surface area contributed by atoms with E-state index in [-0.39, 0.29) is 17.7 Å². The molecule has 0 radical (unpaired) electrons. The van der Waals surface area contributed by atoms with Gasteiger partial charge in [0.1, 0.15) is 11.6 Å². The van der Waals surface area contributed by atoms with Crippen molar-refractivity contribution in [2.45, 2.75) is 32.8 Å². The largest absolute Gasteiger partial charge is 0.381 e. The third-order valence-electron chi connectivity index (χ3n) is 1.36. The highest BCUT2D eigenvalue weighted by Crippen LogP contribution is 2.03. The number of methoxy groups -OCH3 is 1. The highest BCUT2D eigenvalue weighted by atomic mass is 16.5. The molecule has 0 aromatic heterocycles. The summed E-state index contributed by atoms with van der Waals surface area (Å²) in [4.78, 5) is 21.2. The van der Waals surface area contributed by atoms with Crippen molar-refractivity contribution < 1.29 is 14.3 Å². The summed E-state index contributed by atoms with van der Waals surface area (Å²) >= 11 is 0. The number of carbonyl (C=O) groups is 2. The summed E-state index contributed by atoms with van der Waals surface area (Å²) in [6.45, 7) is 2.98. The minimum absolute atomic E-state index is 0.0538. The van der Waals surface area contributed by atoms with Gasteiger partial charge in [-0.2, -0.15) is 0 Å². The zero-order valence-electron chi connectivity index (χ0n) is 7.22. The van der Waals surface area contributed by atoms with Gasteiger partial charge in [0.2, 0.25) is 0 Å². The molecule has 0 atom stereocenters. The van der Waals surface area contributed by atoms with Crippen LogP contribution in [0.3, 0.4) is 0 Å². The number of Topliss-reactive ketones (excluding diaryl/α,β-unsaturated/α-hetero) is 2. The lowest BCUT2D eigenvalue weighted by Gasteiger charge is -2.10. The number of ketones is 2. The van der Waals surface area contributed by atoms with Crippen molar-refractivity contribution in [1.82, 2.24) is 0 Å². The molecule has 0 rings (SSSR count). The van der Waals surface area contributed by atoms with Gasteiger partial charge in [0.05, 0.1) is 6.10 Å². The fraction of sp³-hybridized carbons (Fsp3) is 0.750. The molecule has 64 valence electrons. The first-order valence-corrected chi connectivity index (χ1v) is 3.58. The molecule has 3 heteroatoms. The predicted molar refractivity (Wildman–Crippen MR) is 41.4 cm³/mol. The molecule has 0 N–H and O–H groups in total. The Hall–Kier alpha value is -0.700. The van der Waals surface area contributed by atoms with Gasteiger partial charge >= 0.3 is 0 Å². The Kier molecular flexibility index (Phi) is 4.70. The first kappa shape index (κ1) is 10.3. The van der Waals surface area contributed by atoms with E-state index in [1.165, 1.54) is 21.0 Å². The smallest absolute Gasteiger partial charge is 0.132 e. The van der Waals surface area contributed by atoms with Crippen molar-refractivity contribution in [3.05, 3.63) is 0 Å². The topological polar surface area (TPSA) is 43.4 Å². The van der Waals surface area contributed by atoms with Gasteiger partial charge in [-0.3, -0.25) is 9.59 Å². The zero-order valence-corrected chi connectivity index (χ0v) is 7.22. The molecule has 0 saturated carbocycles. The summed E-state index contributed by atoms with van der Waals surface area (Å²) in [5.74, 6) is 0.108. The Morgan fingerprint density at radius 2 is 1.55 bits per heavy atom. The maximum absolute atomic E-state index is 10.6. The van der Waals surface area contributed by atoms with E-state index in [0.29, 0.717) is 12.8 Å². The fourth-order valence-corrected chi connectivity index (χ4v) is 0.880. The Balaban J connectivity index is 3.76. The Morgan fingerprint density at radius 3 is 1.73 bits per heavy atom. The van der Waals surface area contributed by atoms with Gasteiger partial charge in [-0.25, -0.2) is 0 Å². The summed E-state index contributed by atoms with van der Waals surface area (Å²) in [6.07, 6.45) is 0.427. The van der Waals surface area contributed by atoms with E-state index in [4.69, 9.17) is 4.74 Å². The molecular formula is C8H14O3. The number of carbonyl (C=O) groups excluding carboxylic acids is 2. The molecule has 0 fully saturated rings. The van der Waals surface area contributed by atoms with Crippen LogP contribution in [0, 0.1) is 0 Å². The second kappa shape index (κ2) is 5.02. The van der Waals surface area contributed by atoms with Crippen molar-refractivity contribution in [2.24, 2.45) is 0 Å². The summed E-state index contributed by atoms with van der Waals surface area (Å²) < 4.78 is 4.93. The predicted octanol–water partition coefficient (Wildman–Crippen LogP) is 0.960. The normalized spacial score (nSPS) is 10.2. The molecule has 0 aromatic rings. The van der Waals surface area contributed by atoms with Crippen LogP contribution >= 0.6 is 0 Å². The second-order valence-corrected chi connectivity index (χ2v) is 2.67. The summed E-state index contributed by atoms with van der Waals surface area (Å²) in [5, 5.41) is 0. The molecule has 0 bridgehead atoms. The SMILES string of the molecule is COC(CC(C)=O)CC(C)=O. The Labute approximate surface area is 66.7 Å². The van der Waals surface area contributed by atoms with Crippen molar-refractivity contribution in [3.63, 3.8) is 0 Å². The van der Waals surface area contributed by atoms with Crippen molar-refractivity contribution in [1.29, 1.82) is 0 Å². The highest BCUT2D eigenvalue weighted by molar-refractivity contribution is 5.79. The average molecular weight is 158 g/mol. The van der Waals surface area contributed by atoms with Crippen LogP contribution in [0.2, 0.25) is 0 Å². The van der Waals surface area contributed by atoms with Crippen molar-refractivity contribution in [2.75, 3.05) is 7.11 Å². The van der Waals surface area contributed by atoms with Crippen LogP contribution in [-0.4, -0.2) is 24.8 Å². The molecule has 0 aliphatic carbocycles. The first-order chi connectivity index (χ1) is 5.06. The van der Waals surface area contributed by atoms with Gasteiger partial charge in [0.25, 0.3) is 0 Å². The molecule has 0 amide bonds. The molecule has 0 unspecified atom stereocenters. The Morgan fingerprint density at radius 1 is 1.18 bits per heavy atom. The molecular weight excluding hydrogens is 144 g/mol. The van der Waals surface area contributed by atoms with Gasteiger partial charge in [-0.15, -0.1) is 0 Å². The van der Waals surface area contributed by atoms with Gasteiger partial charge in [-0.1, -0.05) is 0 Å². The van der Waals surface area contributed by atoms with E-state index in [9.17, 15) is 9.59 Å². The van der Waals surface area contributed by atoms with Crippen LogP contribution in [0.1, 0.15) is 26.7 Å². The van der Waals surface area contributed by atoms with Crippen LogP contribution < -0.4 is 0 Å². The molecule has 0 aliphatic heterocycles. The Bertz CT molecular complexity index is 135. The lowest BCUT2D eigenvalue weighted by Crippen LogP contribution is -2.17. The molecule has 11 heavy (non-hydrogen) atoms. The maximum atomic E-state index is 10.6. The van der Waals surface area contributed by atoms with Crippen LogP contribution in [0.4, 0.5) is 0 Å². The number of hydrogen-bond donors (Lipinski definition) is 0. The lowest BCUT2D eigenvalue weighted by atomic mass is 10.1. The molecule has 0 heterocycles. The number of rotatable bonds is 5. The lowest BCUT2D eigenvalue weighted by molar-refractivity contribution is -0.122. The maximum Gasteiger partial charge on any atom is 0.132 e. The quantitative estimate of drug-likeness (QED) is 0.598. The van der Waals surface area contributed by atoms with Gasteiger partial charge in [-0.05, 0) is 13.8 Å². The summed E-state index contributed by atoms with van der Waals surface area (Å²) in [7, 11) is 1.51. The highest BCUT2D eigenvalue weighted by Gasteiger charge is 2.11. The van der Waals surface area contributed by atoms with E-state index in [2.05, 4.69) is 0 Å². The first-order valence-electron chi connectivity index (χ1n) is 3.58. The second-order valence-electron chi connectivity index (χ2n) is 2.67. The van der Waals surface area contributed by atoms with Crippen molar-refractivity contribution >= 4 is 11.6 Å². The van der Waals surface area contributed by atoms with E-state index < -0.39 is 0 Å². The van der Waals surface area contributed by atoms with E-state index in [0.717, 1.165) is 0 Å². The van der Waals surface area contributed by atoms with Gasteiger partial charge < -0.3 is 4.74 Å². The van der Waals surface area contributed by atoms with Crippen LogP contribution in [-0.2, 0) is 14.3 Å². The third-order valence-corrected chi connectivity index (χ3v) is 1.36. The van der Waals surface area contributed by atoms with E-state index in [1.807, 2.05) is 0 Å². The molecule has 3 nitrogen and oxygen atoms in total. The zero-order chi connectivity index (χ0) is 8.85. The summed E-state index contributed by atoms with van der Waals surface area (Å²) in [6, 6.07) is 0. The van der Waals surface area contributed by atoms with Crippen LogP contribution in [0.25, 0.3) is 0 Å². The van der Waals surface area contributed by atoms with Crippen LogP contribution in [0.15, 0.2) is 0 Å². The number of ether oxygens (including phenoxy) is 1. The van der Waals surface area contributed by atoms with Crippen LogP contribution in [0.5, 0.6) is 0 Å². The molecule has 0 aromatic carbocycles. The van der Waals surface area contributed by atoms with E-state index in [1.54, 1.807) is 0 Å². The van der Waals surface area contributed by atoms with E-state index >= 15 is 0 Å². The van der Waals surface area contributed by atoms with Gasteiger partial charge in [0.15, 0.2) is 0 Å². The third kappa shape index (κ3) is 5.73. The standard InChI is InChI=1S/C8H14O3/c1-6(9)4-8(11-3)5-7(2)10/h8H,4-5H2,1-3H3. The van der Waals surface area contributed by atoms with Gasteiger partial charge in [0, 0.05) is 20.0 Å². The monoisotopic (exact) mass is 158 g/mol. The minimum atomic E-state index is -0.231. The van der Waals surface area contributed by atoms with Crippen molar-refractivity contribution in [3.8, 4) is 0 Å². The fourth-order valence-electron chi connectivity index (χ4n) is 0.880. The molecule has 0 saturated heterocycles. The minimum Gasteiger partial charge on any atom is -0.381 e. The molecule has 0 aliphatic rings.